The molecule has 10 heteroatoms. The number of carbonyl (C=O) groups is 3. The molecular weight excluding hydrogens is 486 g/mol. The number of hydrogen-bond acceptors (Lipinski definition) is 4. The van der Waals surface area contributed by atoms with Crippen LogP contribution in [0.3, 0.4) is 0 Å². The highest BCUT2D eigenvalue weighted by atomic mass is 35.5. The van der Waals surface area contributed by atoms with Gasteiger partial charge in [0.1, 0.15) is 5.00 Å². The second-order valence-electron chi connectivity index (χ2n) is 7.79. The quantitative estimate of drug-likeness (QED) is 0.486. The Morgan fingerprint density at radius 3 is 2.50 bits per heavy atom. The van der Waals surface area contributed by atoms with E-state index in [1.807, 2.05) is 0 Å². The Bertz CT molecular complexity index is 1280. The fourth-order valence-electron chi connectivity index (χ4n) is 3.81. The summed E-state index contributed by atoms with van der Waals surface area (Å²) in [6.07, 6.45) is 0.700. The second-order valence-corrected chi connectivity index (χ2v) is 9.33. The van der Waals surface area contributed by atoms with Gasteiger partial charge in [-0.2, -0.15) is 0 Å². The number of halogens is 3. The second kappa shape index (κ2) is 9.90. The molecule has 34 heavy (non-hydrogen) atoms. The number of fused-ring (bicyclic) bond motifs is 1. The fraction of sp³-hybridized carbons (Fsp3) is 0.208. The summed E-state index contributed by atoms with van der Waals surface area (Å²) < 4.78 is 26.5. The third kappa shape index (κ3) is 5.10. The Labute approximate surface area is 202 Å². The summed E-state index contributed by atoms with van der Waals surface area (Å²) >= 11 is 6.98. The molecule has 1 aliphatic rings. The molecule has 0 bridgehead atoms. The predicted octanol–water partition coefficient (Wildman–Crippen LogP) is 5.15. The summed E-state index contributed by atoms with van der Waals surface area (Å²) in [5.41, 5.74) is 1.49. The zero-order chi connectivity index (χ0) is 24.4. The number of thiophene rings is 1. The summed E-state index contributed by atoms with van der Waals surface area (Å²) in [6.45, 7) is 0.541. The van der Waals surface area contributed by atoms with Crippen molar-refractivity contribution in [1.29, 1.82) is 0 Å². The molecule has 2 aromatic carbocycles. The van der Waals surface area contributed by atoms with E-state index in [0.29, 0.717) is 39.6 Å². The lowest BCUT2D eigenvalue weighted by atomic mass is 10.0. The number of amides is 2. The minimum Gasteiger partial charge on any atom is -0.478 e. The van der Waals surface area contributed by atoms with Crippen molar-refractivity contribution >= 4 is 45.7 Å². The Morgan fingerprint density at radius 2 is 1.82 bits per heavy atom. The van der Waals surface area contributed by atoms with Gasteiger partial charge in [0.25, 0.3) is 5.91 Å². The van der Waals surface area contributed by atoms with Gasteiger partial charge in [0.15, 0.2) is 11.6 Å². The van der Waals surface area contributed by atoms with Gasteiger partial charge in [0, 0.05) is 28.4 Å². The monoisotopic (exact) mass is 504 g/mol. The van der Waals surface area contributed by atoms with E-state index in [1.54, 1.807) is 29.2 Å². The summed E-state index contributed by atoms with van der Waals surface area (Å²) in [5.74, 6) is -3.68. The molecule has 0 saturated heterocycles. The molecule has 2 amide bonds. The highest BCUT2D eigenvalue weighted by Gasteiger charge is 2.30. The number of hydrogen-bond donors (Lipinski definition) is 2. The van der Waals surface area contributed by atoms with Crippen LogP contribution in [0.15, 0.2) is 42.5 Å². The maximum Gasteiger partial charge on any atom is 0.339 e. The lowest BCUT2D eigenvalue weighted by Crippen LogP contribution is -2.35. The van der Waals surface area contributed by atoms with Gasteiger partial charge >= 0.3 is 5.97 Å². The SMILES string of the molecule is O=C(Nc1sc2c(c1C(=O)O)CCN(C(=O)CCc1ccc(F)c(F)c1)C2)c1ccc(Cl)cc1. The highest BCUT2D eigenvalue weighted by Crippen LogP contribution is 2.37. The van der Waals surface area contributed by atoms with Crippen molar-refractivity contribution < 1.29 is 28.3 Å². The number of carboxylic acid groups (broad SMARTS) is 1. The Morgan fingerprint density at radius 1 is 1.09 bits per heavy atom. The van der Waals surface area contributed by atoms with Crippen LogP contribution in [0.1, 0.15) is 43.1 Å². The van der Waals surface area contributed by atoms with Crippen molar-refractivity contribution in [2.75, 3.05) is 11.9 Å². The van der Waals surface area contributed by atoms with Gasteiger partial charge in [-0.05, 0) is 60.4 Å². The van der Waals surface area contributed by atoms with Crippen LogP contribution in [0.2, 0.25) is 5.02 Å². The maximum absolute atomic E-state index is 13.4. The number of rotatable bonds is 6. The first-order valence-electron chi connectivity index (χ1n) is 10.4. The van der Waals surface area contributed by atoms with Crippen molar-refractivity contribution in [2.24, 2.45) is 0 Å². The number of aromatic carboxylic acids is 1. The first-order valence-corrected chi connectivity index (χ1v) is 11.6. The number of carbonyl (C=O) groups excluding carboxylic acids is 2. The molecule has 2 heterocycles. The van der Waals surface area contributed by atoms with Crippen LogP contribution < -0.4 is 5.32 Å². The summed E-state index contributed by atoms with van der Waals surface area (Å²) in [5, 5.41) is 13.1. The van der Waals surface area contributed by atoms with Gasteiger partial charge in [-0.3, -0.25) is 9.59 Å². The third-order valence-corrected chi connectivity index (χ3v) is 6.95. The largest absolute Gasteiger partial charge is 0.478 e. The molecule has 0 saturated carbocycles. The normalized spacial score (nSPS) is 12.9. The van der Waals surface area contributed by atoms with E-state index in [1.165, 1.54) is 6.07 Å². The zero-order valence-electron chi connectivity index (χ0n) is 17.7. The standard InChI is InChI=1S/C24H19ClF2N2O4S/c25-15-5-3-14(4-6-15)22(31)28-23-21(24(32)33)16-9-10-29(12-19(16)34-23)20(30)8-2-13-1-7-17(26)18(27)11-13/h1,3-7,11H,2,8-10,12H2,(H,28,31)(H,32,33). The molecule has 2 N–H and O–H groups in total. The highest BCUT2D eigenvalue weighted by molar-refractivity contribution is 7.17. The van der Waals surface area contributed by atoms with Crippen LogP contribution in [0.25, 0.3) is 0 Å². The number of anilines is 1. The lowest BCUT2D eigenvalue weighted by Gasteiger charge is -2.27. The molecule has 6 nitrogen and oxygen atoms in total. The molecular formula is C24H19ClF2N2O4S. The van der Waals surface area contributed by atoms with Crippen molar-refractivity contribution in [2.45, 2.75) is 25.8 Å². The lowest BCUT2D eigenvalue weighted by molar-refractivity contribution is -0.132. The van der Waals surface area contributed by atoms with E-state index in [-0.39, 0.29) is 35.9 Å². The maximum atomic E-state index is 13.4. The van der Waals surface area contributed by atoms with Gasteiger partial charge in [-0.25, -0.2) is 13.6 Å². The van der Waals surface area contributed by atoms with Crippen molar-refractivity contribution in [3.05, 3.63) is 86.3 Å². The van der Waals surface area contributed by atoms with Crippen molar-refractivity contribution in [3.8, 4) is 0 Å². The molecule has 176 valence electrons. The van der Waals surface area contributed by atoms with Gasteiger partial charge in [0.05, 0.1) is 12.1 Å². The minimum absolute atomic E-state index is 0.0381. The third-order valence-electron chi connectivity index (χ3n) is 5.57. The average molecular weight is 505 g/mol. The zero-order valence-corrected chi connectivity index (χ0v) is 19.3. The summed E-state index contributed by atoms with van der Waals surface area (Å²) in [7, 11) is 0. The molecule has 0 spiro atoms. The molecule has 0 fully saturated rings. The molecule has 0 radical (unpaired) electrons. The first kappa shape index (κ1) is 23.8. The first-order chi connectivity index (χ1) is 16.2. The number of benzene rings is 2. The van der Waals surface area contributed by atoms with Crippen LogP contribution >= 0.6 is 22.9 Å². The topological polar surface area (TPSA) is 86.7 Å². The summed E-state index contributed by atoms with van der Waals surface area (Å²) in [4.78, 5) is 39.6. The number of carboxylic acids is 1. The smallest absolute Gasteiger partial charge is 0.339 e. The molecule has 0 aliphatic carbocycles. The molecule has 0 unspecified atom stereocenters. The minimum atomic E-state index is -1.15. The van der Waals surface area contributed by atoms with Crippen molar-refractivity contribution in [1.82, 2.24) is 4.90 Å². The van der Waals surface area contributed by atoms with E-state index in [0.717, 1.165) is 23.5 Å². The van der Waals surface area contributed by atoms with Gasteiger partial charge < -0.3 is 15.3 Å². The molecule has 1 aromatic heterocycles. The van der Waals surface area contributed by atoms with Gasteiger partial charge in [-0.15, -0.1) is 11.3 Å². The molecule has 1 aliphatic heterocycles. The van der Waals surface area contributed by atoms with Gasteiger partial charge in [0.2, 0.25) is 5.91 Å². The Hall–Kier alpha value is -3.30. The van der Waals surface area contributed by atoms with Crippen LogP contribution in [-0.2, 0) is 24.2 Å². The van der Waals surface area contributed by atoms with E-state index >= 15 is 0 Å². The van der Waals surface area contributed by atoms with Crippen LogP contribution in [-0.4, -0.2) is 34.3 Å². The summed E-state index contributed by atoms with van der Waals surface area (Å²) in [6, 6.07) is 9.76. The number of nitrogens with zero attached hydrogens (tertiary/aromatic N) is 1. The molecule has 4 rings (SSSR count). The Kier molecular flexibility index (Phi) is 6.95. The molecule has 0 atom stereocenters. The number of aryl methyl sites for hydroxylation is 1. The van der Waals surface area contributed by atoms with E-state index in [2.05, 4.69) is 5.32 Å². The molecule has 3 aromatic rings. The Balaban J connectivity index is 1.47. The number of nitrogens with one attached hydrogen (secondary N) is 1. The van der Waals surface area contributed by atoms with Crippen molar-refractivity contribution in [3.63, 3.8) is 0 Å². The predicted molar refractivity (Wildman–Crippen MR) is 124 cm³/mol. The van der Waals surface area contributed by atoms with Crippen LogP contribution in [0, 0.1) is 11.6 Å². The van der Waals surface area contributed by atoms with Crippen LogP contribution in [0.4, 0.5) is 13.8 Å². The van der Waals surface area contributed by atoms with E-state index in [4.69, 9.17) is 11.6 Å². The average Bonchev–Trinajstić information content (AvgIpc) is 3.17. The van der Waals surface area contributed by atoms with E-state index in [9.17, 15) is 28.3 Å². The fourth-order valence-corrected chi connectivity index (χ4v) is 5.19. The van der Waals surface area contributed by atoms with E-state index < -0.39 is 23.5 Å². The van der Waals surface area contributed by atoms with Gasteiger partial charge in [-0.1, -0.05) is 17.7 Å². The van der Waals surface area contributed by atoms with Crippen LogP contribution in [0.5, 0.6) is 0 Å².